The van der Waals surface area contributed by atoms with Crippen LogP contribution in [-0.4, -0.2) is 40.9 Å². The Hall–Kier alpha value is -3.86. The van der Waals surface area contributed by atoms with Crippen LogP contribution in [0.2, 0.25) is 0 Å². The van der Waals surface area contributed by atoms with Crippen molar-refractivity contribution in [2.45, 2.75) is 18.9 Å². The van der Waals surface area contributed by atoms with E-state index in [2.05, 4.69) is 10.6 Å². The minimum atomic E-state index is -0.864. The summed E-state index contributed by atoms with van der Waals surface area (Å²) in [6, 6.07) is 8.83. The quantitative estimate of drug-likeness (QED) is 0.521. The van der Waals surface area contributed by atoms with Gasteiger partial charge in [-0.05, 0) is 37.1 Å². The smallest absolute Gasteiger partial charge is 0.289 e. The lowest BCUT2D eigenvalue weighted by Crippen LogP contribution is -2.31. The molecule has 2 aromatic carbocycles. The number of ether oxygens (including phenoxy) is 1. The van der Waals surface area contributed by atoms with Gasteiger partial charge in [0.2, 0.25) is 0 Å². The maximum Gasteiger partial charge on any atom is 0.289 e. The van der Waals surface area contributed by atoms with E-state index in [1.165, 1.54) is 12.1 Å². The van der Waals surface area contributed by atoms with Gasteiger partial charge >= 0.3 is 0 Å². The molecule has 11 nitrogen and oxygen atoms in total. The molecule has 0 bridgehead atoms. The molecule has 2 N–H and O–H groups in total. The first-order valence-electron chi connectivity index (χ1n) is 9.09. The van der Waals surface area contributed by atoms with E-state index in [1.807, 2.05) is 0 Å². The van der Waals surface area contributed by atoms with E-state index in [-0.39, 0.29) is 23.3 Å². The number of non-ortho nitro benzene ring substituents is 1. The van der Waals surface area contributed by atoms with Gasteiger partial charge in [0.05, 0.1) is 22.0 Å². The van der Waals surface area contributed by atoms with Crippen molar-refractivity contribution in [3.63, 3.8) is 0 Å². The molecule has 1 unspecified atom stereocenters. The summed E-state index contributed by atoms with van der Waals surface area (Å²) in [5.41, 5.74) is -0.976. The van der Waals surface area contributed by atoms with Gasteiger partial charge in [-0.15, -0.1) is 0 Å². The highest BCUT2D eigenvalue weighted by Gasteiger charge is 2.24. The zero-order chi connectivity index (χ0) is 21.7. The van der Waals surface area contributed by atoms with E-state index >= 15 is 0 Å². The second-order valence-corrected chi connectivity index (χ2v) is 6.60. The summed E-state index contributed by atoms with van der Waals surface area (Å²) in [5.74, 6) is -1.17. The summed E-state index contributed by atoms with van der Waals surface area (Å²) in [5, 5.41) is 27.3. The summed E-state index contributed by atoms with van der Waals surface area (Å²) in [6.45, 7) is 1.06. The van der Waals surface area contributed by atoms with Crippen LogP contribution in [-0.2, 0) is 4.74 Å². The molecule has 1 saturated heterocycles. The zero-order valence-corrected chi connectivity index (χ0v) is 15.7. The number of nitrogens with one attached hydrogen (secondary N) is 2. The normalized spacial score (nSPS) is 15.4. The second kappa shape index (κ2) is 9.09. The van der Waals surface area contributed by atoms with Crippen LogP contribution < -0.4 is 10.6 Å². The predicted molar refractivity (Wildman–Crippen MR) is 105 cm³/mol. The molecule has 0 saturated carbocycles. The van der Waals surface area contributed by atoms with Gasteiger partial charge in [-0.2, -0.15) is 0 Å². The fourth-order valence-corrected chi connectivity index (χ4v) is 3.03. The molecule has 156 valence electrons. The highest BCUT2D eigenvalue weighted by Crippen LogP contribution is 2.25. The molecule has 3 rings (SSSR count). The first-order valence-corrected chi connectivity index (χ1v) is 9.09. The van der Waals surface area contributed by atoms with E-state index in [4.69, 9.17) is 4.74 Å². The Labute approximate surface area is 170 Å². The molecule has 0 spiro atoms. The van der Waals surface area contributed by atoms with Crippen molar-refractivity contribution in [3.05, 3.63) is 73.8 Å². The number of rotatable bonds is 7. The van der Waals surface area contributed by atoms with Crippen LogP contribution in [0.5, 0.6) is 0 Å². The van der Waals surface area contributed by atoms with Gasteiger partial charge < -0.3 is 15.4 Å². The molecule has 1 atom stereocenters. The Kier molecular flexibility index (Phi) is 6.32. The van der Waals surface area contributed by atoms with E-state index in [0.29, 0.717) is 18.7 Å². The largest absolute Gasteiger partial charge is 0.376 e. The number of hydrogen-bond acceptors (Lipinski definition) is 7. The molecule has 2 aromatic rings. The summed E-state index contributed by atoms with van der Waals surface area (Å²) in [7, 11) is 0. The molecule has 0 aliphatic carbocycles. The number of carbonyl (C=O) groups is 2. The number of carbonyl (C=O) groups excluding carboxylic acids is 2. The Balaban J connectivity index is 1.72. The van der Waals surface area contributed by atoms with Crippen LogP contribution in [0.25, 0.3) is 0 Å². The summed E-state index contributed by atoms with van der Waals surface area (Å²) in [4.78, 5) is 45.2. The Bertz CT molecular complexity index is 1000. The minimum Gasteiger partial charge on any atom is -0.376 e. The van der Waals surface area contributed by atoms with Crippen LogP contribution in [0.4, 0.5) is 17.1 Å². The minimum absolute atomic E-state index is 0.0143. The van der Waals surface area contributed by atoms with E-state index < -0.39 is 27.1 Å². The van der Waals surface area contributed by atoms with Crippen LogP contribution in [0.1, 0.15) is 33.6 Å². The van der Waals surface area contributed by atoms with Gasteiger partial charge in [0.15, 0.2) is 0 Å². The fourth-order valence-electron chi connectivity index (χ4n) is 3.03. The predicted octanol–water partition coefficient (Wildman–Crippen LogP) is 2.66. The lowest BCUT2D eigenvalue weighted by molar-refractivity contribution is -0.394. The second-order valence-electron chi connectivity index (χ2n) is 6.60. The molecule has 1 aliphatic rings. The number of benzene rings is 2. The van der Waals surface area contributed by atoms with Crippen LogP contribution >= 0.6 is 0 Å². The monoisotopic (exact) mass is 414 g/mol. The van der Waals surface area contributed by atoms with Gasteiger partial charge in [0, 0.05) is 30.5 Å². The highest BCUT2D eigenvalue weighted by molar-refractivity contribution is 6.07. The van der Waals surface area contributed by atoms with E-state index in [9.17, 15) is 29.8 Å². The number of nitrogens with zero attached hydrogens (tertiary/aromatic N) is 2. The Morgan fingerprint density at radius 3 is 2.53 bits per heavy atom. The van der Waals surface area contributed by atoms with Gasteiger partial charge in [-0.3, -0.25) is 29.8 Å². The van der Waals surface area contributed by atoms with Crippen molar-refractivity contribution in [2.24, 2.45) is 0 Å². The number of nitro groups is 2. The lowest BCUT2D eigenvalue weighted by Gasteiger charge is -2.11. The summed E-state index contributed by atoms with van der Waals surface area (Å²) in [6.07, 6.45) is 1.82. The number of amides is 2. The molecule has 0 radical (unpaired) electrons. The van der Waals surface area contributed by atoms with Crippen molar-refractivity contribution in [1.82, 2.24) is 5.32 Å². The Morgan fingerprint density at radius 2 is 1.87 bits per heavy atom. The molecule has 11 heteroatoms. The fraction of sp³-hybridized carbons (Fsp3) is 0.263. The molecule has 30 heavy (non-hydrogen) atoms. The Morgan fingerprint density at radius 1 is 1.07 bits per heavy atom. The number of nitro benzene ring substituents is 2. The molecular weight excluding hydrogens is 396 g/mol. The van der Waals surface area contributed by atoms with Gasteiger partial charge in [0.1, 0.15) is 5.56 Å². The molecule has 2 amide bonds. The average molecular weight is 414 g/mol. The van der Waals surface area contributed by atoms with E-state index in [1.54, 1.807) is 12.1 Å². The van der Waals surface area contributed by atoms with Gasteiger partial charge in [-0.25, -0.2) is 0 Å². The van der Waals surface area contributed by atoms with Crippen LogP contribution in [0.15, 0.2) is 42.5 Å². The molecular formula is C19H18N4O7. The van der Waals surface area contributed by atoms with Gasteiger partial charge in [0.25, 0.3) is 23.2 Å². The van der Waals surface area contributed by atoms with Crippen LogP contribution in [0, 0.1) is 20.2 Å². The third kappa shape index (κ3) is 4.94. The van der Waals surface area contributed by atoms with Crippen LogP contribution in [0.3, 0.4) is 0 Å². The topological polar surface area (TPSA) is 154 Å². The maximum atomic E-state index is 12.5. The van der Waals surface area contributed by atoms with Crippen molar-refractivity contribution in [2.75, 3.05) is 18.5 Å². The van der Waals surface area contributed by atoms with Crippen molar-refractivity contribution < 1.29 is 24.2 Å². The first-order chi connectivity index (χ1) is 14.3. The maximum absolute atomic E-state index is 12.5. The van der Waals surface area contributed by atoms with Crippen molar-refractivity contribution >= 4 is 28.9 Å². The number of anilines is 1. The molecule has 1 heterocycles. The average Bonchev–Trinajstić information content (AvgIpc) is 3.25. The SMILES string of the molecule is O=C(NCC1CCCO1)c1cccc(NC(=O)c2ccc([N+](=O)[O-])cc2[N+](=O)[O-])c1. The van der Waals surface area contributed by atoms with E-state index in [0.717, 1.165) is 31.0 Å². The third-order valence-corrected chi connectivity index (χ3v) is 4.53. The highest BCUT2D eigenvalue weighted by atomic mass is 16.6. The lowest BCUT2D eigenvalue weighted by atomic mass is 10.1. The standard InChI is InChI=1S/C19H18N4O7/c24-18(20-11-15-5-2-8-30-15)12-3-1-4-13(9-12)21-19(25)16-7-6-14(22(26)27)10-17(16)23(28)29/h1,3-4,6-7,9-10,15H,2,5,8,11H2,(H,20,24)(H,21,25). The summed E-state index contributed by atoms with van der Waals surface area (Å²) < 4.78 is 5.45. The molecule has 1 fully saturated rings. The third-order valence-electron chi connectivity index (χ3n) is 4.53. The van der Waals surface area contributed by atoms with Crippen molar-refractivity contribution in [1.29, 1.82) is 0 Å². The number of hydrogen-bond donors (Lipinski definition) is 2. The van der Waals surface area contributed by atoms with Crippen molar-refractivity contribution in [3.8, 4) is 0 Å². The van der Waals surface area contributed by atoms with Gasteiger partial charge in [-0.1, -0.05) is 6.07 Å². The molecule has 1 aliphatic heterocycles. The molecule has 0 aromatic heterocycles. The first kappa shape index (κ1) is 20.9. The zero-order valence-electron chi connectivity index (χ0n) is 15.7. The summed E-state index contributed by atoms with van der Waals surface area (Å²) >= 11 is 0.